The van der Waals surface area contributed by atoms with Crippen molar-refractivity contribution in [3.05, 3.63) is 10.4 Å². The lowest BCUT2D eigenvalue weighted by molar-refractivity contribution is -0.143. The minimum atomic E-state index is -0.454. The monoisotopic (exact) mass is 269 g/mol. The molecule has 0 unspecified atom stereocenters. The van der Waals surface area contributed by atoms with Gasteiger partial charge in [-0.25, -0.2) is 0 Å². The molecule has 19 heavy (non-hydrogen) atoms. The van der Waals surface area contributed by atoms with Crippen LogP contribution in [-0.2, 0) is 14.3 Å². The number of carbonyl (C=O) groups excluding carboxylic acids is 2. The van der Waals surface area contributed by atoms with E-state index < -0.39 is 5.97 Å². The Morgan fingerprint density at radius 3 is 2.21 bits per heavy atom. The molecule has 0 aliphatic rings. The summed E-state index contributed by atoms with van der Waals surface area (Å²) in [6.45, 7) is 0.582. The number of esters is 1. The third-order valence-electron chi connectivity index (χ3n) is 2.85. The molecule has 0 fully saturated rings. The maximum atomic E-state index is 11.3. The Labute approximate surface area is 114 Å². The van der Waals surface area contributed by atoms with Crippen molar-refractivity contribution in [3.8, 4) is 0 Å². The molecule has 0 spiro atoms. The highest BCUT2D eigenvalue weighted by Gasteiger charge is 2.08. The first-order valence-electron chi connectivity index (χ1n) is 6.80. The standard InChI is InChI=1S/C13H23N3O3/c1-19-13(18)11-12(17)9-7-5-3-2-4-6-8-10-15-16-14/h2-11H2,1H3. The first kappa shape index (κ1) is 17.4. The molecule has 6 nitrogen and oxygen atoms in total. The molecule has 0 N–H and O–H groups in total. The average molecular weight is 269 g/mol. The van der Waals surface area contributed by atoms with Crippen molar-refractivity contribution in [1.29, 1.82) is 0 Å². The second-order valence-electron chi connectivity index (χ2n) is 4.47. The van der Waals surface area contributed by atoms with E-state index in [2.05, 4.69) is 14.8 Å². The maximum Gasteiger partial charge on any atom is 0.313 e. The van der Waals surface area contributed by atoms with Crippen molar-refractivity contribution < 1.29 is 14.3 Å². The Bertz CT molecular complexity index is 312. The van der Waals surface area contributed by atoms with Crippen LogP contribution in [0.1, 0.15) is 57.8 Å². The number of ketones is 1. The summed E-state index contributed by atoms with van der Waals surface area (Å²) in [4.78, 5) is 24.8. The zero-order valence-corrected chi connectivity index (χ0v) is 11.6. The van der Waals surface area contributed by atoms with Gasteiger partial charge in [0.05, 0.1) is 7.11 Å². The third kappa shape index (κ3) is 12.7. The molecule has 0 saturated carbocycles. The number of nitrogens with zero attached hydrogens (tertiary/aromatic N) is 3. The van der Waals surface area contributed by atoms with E-state index in [4.69, 9.17) is 5.53 Å². The highest BCUT2D eigenvalue weighted by molar-refractivity contribution is 5.95. The smallest absolute Gasteiger partial charge is 0.313 e. The first-order chi connectivity index (χ1) is 9.20. The van der Waals surface area contributed by atoms with Crippen LogP contribution >= 0.6 is 0 Å². The Balaban J connectivity index is 3.24. The number of unbranched alkanes of at least 4 members (excludes halogenated alkanes) is 6. The van der Waals surface area contributed by atoms with Crippen LogP contribution in [0, 0.1) is 0 Å². The van der Waals surface area contributed by atoms with Gasteiger partial charge < -0.3 is 4.74 Å². The third-order valence-corrected chi connectivity index (χ3v) is 2.85. The van der Waals surface area contributed by atoms with Crippen molar-refractivity contribution in [3.63, 3.8) is 0 Å². The predicted octanol–water partition coefficient (Wildman–Crippen LogP) is 3.55. The number of rotatable bonds is 12. The van der Waals surface area contributed by atoms with Crippen LogP contribution in [0.15, 0.2) is 5.11 Å². The van der Waals surface area contributed by atoms with E-state index >= 15 is 0 Å². The summed E-state index contributed by atoms with van der Waals surface area (Å²) in [5.41, 5.74) is 8.08. The van der Waals surface area contributed by atoms with Gasteiger partial charge in [-0.1, -0.05) is 37.2 Å². The highest BCUT2D eigenvalue weighted by Crippen LogP contribution is 2.09. The summed E-state index contributed by atoms with van der Waals surface area (Å²) in [6, 6.07) is 0. The minimum Gasteiger partial charge on any atom is -0.469 e. The number of azide groups is 1. The fourth-order valence-electron chi connectivity index (χ4n) is 1.75. The van der Waals surface area contributed by atoms with Crippen molar-refractivity contribution in [1.82, 2.24) is 0 Å². The van der Waals surface area contributed by atoms with Crippen molar-refractivity contribution in [2.45, 2.75) is 57.8 Å². The molecule has 0 aromatic carbocycles. The van der Waals surface area contributed by atoms with Gasteiger partial charge in [0, 0.05) is 17.9 Å². The Kier molecular flexibility index (Phi) is 11.8. The van der Waals surface area contributed by atoms with Gasteiger partial charge in [0.1, 0.15) is 12.2 Å². The molecule has 0 aromatic heterocycles. The van der Waals surface area contributed by atoms with Gasteiger partial charge in [-0.3, -0.25) is 9.59 Å². The van der Waals surface area contributed by atoms with Gasteiger partial charge in [-0.15, -0.1) is 0 Å². The van der Waals surface area contributed by atoms with Gasteiger partial charge in [-0.05, 0) is 18.4 Å². The summed E-state index contributed by atoms with van der Waals surface area (Å²) in [5, 5.41) is 3.47. The van der Waals surface area contributed by atoms with Gasteiger partial charge >= 0.3 is 5.97 Å². The van der Waals surface area contributed by atoms with Gasteiger partial charge in [-0.2, -0.15) is 0 Å². The zero-order valence-electron chi connectivity index (χ0n) is 11.6. The van der Waals surface area contributed by atoms with E-state index in [1.807, 2.05) is 0 Å². The average Bonchev–Trinajstić information content (AvgIpc) is 2.40. The number of methoxy groups -OCH3 is 1. The molecule has 0 amide bonds. The minimum absolute atomic E-state index is 0.0405. The van der Waals surface area contributed by atoms with Crippen LogP contribution in [-0.4, -0.2) is 25.4 Å². The van der Waals surface area contributed by atoms with Crippen LogP contribution in [0.3, 0.4) is 0 Å². The molecule has 0 aliphatic carbocycles. The highest BCUT2D eigenvalue weighted by atomic mass is 16.5. The van der Waals surface area contributed by atoms with E-state index in [1.54, 1.807) is 0 Å². The summed E-state index contributed by atoms with van der Waals surface area (Å²) in [6.07, 6.45) is 7.63. The summed E-state index contributed by atoms with van der Waals surface area (Å²) in [5.74, 6) is -0.494. The molecule has 0 atom stereocenters. The zero-order chi connectivity index (χ0) is 14.3. The molecule has 0 aliphatic heterocycles. The quantitative estimate of drug-likeness (QED) is 0.135. The van der Waals surface area contributed by atoms with Crippen molar-refractivity contribution >= 4 is 11.8 Å². The molecular formula is C13H23N3O3. The van der Waals surface area contributed by atoms with Crippen LogP contribution in [0.5, 0.6) is 0 Å². The van der Waals surface area contributed by atoms with E-state index in [1.165, 1.54) is 7.11 Å². The van der Waals surface area contributed by atoms with Crippen molar-refractivity contribution in [2.75, 3.05) is 13.7 Å². The number of carbonyl (C=O) groups is 2. The Hall–Kier alpha value is -1.55. The van der Waals surface area contributed by atoms with Crippen LogP contribution in [0.25, 0.3) is 10.4 Å². The van der Waals surface area contributed by atoms with E-state index in [-0.39, 0.29) is 12.2 Å². The fourth-order valence-corrected chi connectivity index (χ4v) is 1.75. The molecule has 6 heteroatoms. The molecule has 0 saturated heterocycles. The van der Waals surface area contributed by atoms with E-state index in [0.29, 0.717) is 13.0 Å². The number of hydrogen-bond acceptors (Lipinski definition) is 4. The lowest BCUT2D eigenvalue weighted by Gasteiger charge is -2.01. The largest absolute Gasteiger partial charge is 0.469 e. The topological polar surface area (TPSA) is 92.1 Å². The summed E-state index contributed by atoms with van der Waals surface area (Å²) >= 11 is 0. The molecule has 0 rings (SSSR count). The molecule has 0 heterocycles. The summed E-state index contributed by atoms with van der Waals surface area (Å²) < 4.78 is 4.43. The summed E-state index contributed by atoms with van der Waals surface area (Å²) in [7, 11) is 1.29. The lowest BCUT2D eigenvalue weighted by Crippen LogP contribution is -2.08. The Morgan fingerprint density at radius 2 is 1.63 bits per heavy atom. The second-order valence-corrected chi connectivity index (χ2v) is 4.47. The molecule has 0 bridgehead atoms. The molecule has 0 aromatic rings. The second kappa shape index (κ2) is 12.9. The molecule has 108 valence electrons. The van der Waals surface area contributed by atoms with Crippen LogP contribution in [0.2, 0.25) is 0 Å². The van der Waals surface area contributed by atoms with Crippen LogP contribution < -0.4 is 0 Å². The van der Waals surface area contributed by atoms with Gasteiger partial charge in [0.25, 0.3) is 0 Å². The number of hydrogen-bond donors (Lipinski definition) is 0. The SMILES string of the molecule is COC(=O)CC(=O)CCCCCCCCCN=[N+]=[N-]. The number of Topliss-reactive ketones (excluding diaryl/α,β-unsaturated/α-hetero) is 1. The van der Waals surface area contributed by atoms with E-state index in [0.717, 1.165) is 44.9 Å². The van der Waals surface area contributed by atoms with Crippen molar-refractivity contribution in [2.24, 2.45) is 5.11 Å². The van der Waals surface area contributed by atoms with Crippen LogP contribution in [0.4, 0.5) is 0 Å². The first-order valence-corrected chi connectivity index (χ1v) is 6.80. The maximum absolute atomic E-state index is 11.3. The number of ether oxygens (including phenoxy) is 1. The fraction of sp³-hybridized carbons (Fsp3) is 0.846. The Morgan fingerprint density at radius 1 is 1.05 bits per heavy atom. The van der Waals surface area contributed by atoms with Gasteiger partial charge in [0.15, 0.2) is 0 Å². The molecular weight excluding hydrogens is 246 g/mol. The lowest BCUT2D eigenvalue weighted by atomic mass is 10.1. The van der Waals surface area contributed by atoms with E-state index in [9.17, 15) is 9.59 Å². The predicted molar refractivity (Wildman–Crippen MR) is 72.6 cm³/mol. The van der Waals surface area contributed by atoms with Gasteiger partial charge in [0.2, 0.25) is 0 Å². The molecule has 0 radical (unpaired) electrons. The normalized spacial score (nSPS) is 9.74.